The van der Waals surface area contributed by atoms with Crippen molar-refractivity contribution in [2.75, 3.05) is 25.6 Å². The van der Waals surface area contributed by atoms with E-state index in [4.69, 9.17) is 4.74 Å². The van der Waals surface area contributed by atoms with E-state index in [9.17, 15) is 4.79 Å². The van der Waals surface area contributed by atoms with Crippen LogP contribution in [-0.4, -0.2) is 37.4 Å². The van der Waals surface area contributed by atoms with Crippen molar-refractivity contribution in [1.82, 2.24) is 9.99 Å². The molecule has 2 aromatic carbocycles. The van der Waals surface area contributed by atoms with E-state index < -0.39 is 0 Å². The van der Waals surface area contributed by atoms with Gasteiger partial charge in [0.1, 0.15) is 5.75 Å². The minimum absolute atomic E-state index is 0.109. The normalized spacial score (nSPS) is 10.8. The number of nitrogens with one attached hydrogen (secondary N) is 1. The Morgan fingerprint density at radius 1 is 1.18 bits per heavy atom. The van der Waals surface area contributed by atoms with E-state index >= 15 is 0 Å². The predicted molar refractivity (Wildman–Crippen MR) is 115 cm³/mol. The number of benzene rings is 2. The molecule has 0 saturated carbocycles. The first-order valence-corrected chi connectivity index (χ1v) is 9.47. The number of rotatable bonds is 7. The summed E-state index contributed by atoms with van der Waals surface area (Å²) in [4.78, 5) is 14.0. The van der Waals surface area contributed by atoms with Gasteiger partial charge >= 0.3 is 0 Å². The molecule has 0 atom stereocenters. The zero-order valence-corrected chi connectivity index (χ0v) is 17.3. The monoisotopic (exact) mass is 440 g/mol. The minimum Gasteiger partial charge on any atom is -0.484 e. The molecule has 1 amide bonds. The molecule has 3 aromatic rings. The van der Waals surface area contributed by atoms with Gasteiger partial charge in [0, 0.05) is 42.2 Å². The molecule has 0 aliphatic carbocycles. The first-order valence-electron chi connectivity index (χ1n) is 8.68. The summed E-state index contributed by atoms with van der Waals surface area (Å²) in [5.74, 6) is 0.308. The molecule has 7 heteroatoms. The van der Waals surface area contributed by atoms with E-state index in [-0.39, 0.29) is 12.5 Å². The first kappa shape index (κ1) is 19.7. The van der Waals surface area contributed by atoms with Crippen LogP contribution in [0.3, 0.4) is 0 Å². The molecule has 3 rings (SSSR count). The molecule has 0 unspecified atom stereocenters. The van der Waals surface area contributed by atoms with E-state index in [1.807, 2.05) is 90.4 Å². The third-order valence-corrected chi connectivity index (χ3v) is 4.50. The van der Waals surface area contributed by atoms with Crippen LogP contribution in [0.5, 0.6) is 5.75 Å². The van der Waals surface area contributed by atoms with Crippen LogP contribution in [0, 0.1) is 0 Å². The third kappa shape index (κ3) is 5.23. The van der Waals surface area contributed by atoms with Gasteiger partial charge < -0.3 is 14.2 Å². The summed E-state index contributed by atoms with van der Waals surface area (Å²) >= 11 is 3.43. The number of aromatic nitrogens is 1. The second-order valence-electron chi connectivity index (χ2n) is 6.25. The summed E-state index contributed by atoms with van der Waals surface area (Å²) in [5, 5.41) is 4.03. The van der Waals surface area contributed by atoms with Gasteiger partial charge in [-0.25, -0.2) is 5.43 Å². The average Bonchev–Trinajstić information content (AvgIpc) is 3.15. The highest BCUT2D eigenvalue weighted by Crippen LogP contribution is 2.19. The molecule has 28 heavy (non-hydrogen) atoms. The molecule has 0 aliphatic heterocycles. The van der Waals surface area contributed by atoms with Gasteiger partial charge in [0.25, 0.3) is 5.91 Å². The number of amides is 1. The Morgan fingerprint density at radius 3 is 2.71 bits per heavy atom. The highest BCUT2D eigenvalue weighted by atomic mass is 79.9. The maximum absolute atomic E-state index is 12.0. The molecule has 0 bridgehead atoms. The lowest BCUT2D eigenvalue weighted by atomic mass is 10.3. The Labute approximate surface area is 172 Å². The van der Waals surface area contributed by atoms with Gasteiger partial charge in [-0.2, -0.15) is 5.10 Å². The number of hydrogen-bond donors (Lipinski definition) is 1. The Balaban J connectivity index is 1.55. The van der Waals surface area contributed by atoms with Gasteiger partial charge in [0.2, 0.25) is 0 Å². The number of hydrogen-bond acceptors (Lipinski definition) is 4. The number of carbonyl (C=O) groups excluding carboxylic acids is 1. The fraction of sp³-hybridized carbons (Fsp3) is 0.143. The topological polar surface area (TPSA) is 58.9 Å². The number of hydrazone groups is 1. The first-order chi connectivity index (χ1) is 13.5. The molecule has 0 fully saturated rings. The van der Waals surface area contributed by atoms with Crippen LogP contribution in [0.4, 0.5) is 5.69 Å². The molecule has 0 spiro atoms. The Kier molecular flexibility index (Phi) is 6.49. The van der Waals surface area contributed by atoms with Crippen molar-refractivity contribution >= 4 is 33.7 Å². The largest absolute Gasteiger partial charge is 0.484 e. The quantitative estimate of drug-likeness (QED) is 0.448. The van der Waals surface area contributed by atoms with Crippen molar-refractivity contribution in [3.05, 3.63) is 77.0 Å². The summed E-state index contributed by atoms with van der Waals surface area (Å²) in [6, 6.07) is 19.3. The molecular formula is C21H21BrN4O2. The van der Waals surface area contributed by atoms with Crippen LogP contribution in [-0.2, 0) is 4.79 Å². The van der Waals surface area contributed by atoms with Crippen molar-refractivity contribution in [2.45, 2.75) is 0 Å². The second kappa shape index (κ2) is 9.23. The molecule has 1 N–H and O–H groups in total. The van der Waals surface area contributed by atoms with Crippen molar-refractivity contribution in [1.29, 1.82) is 0 Å². The van der Waals surface area contributed by atoms with Crippen LogP contribution >= 0.6 is 15.9 Å². The van der Waals surface area contributed by atoms with Gasteiger partial charge in [0.05, 0.1) is 11.9 Å². The van der Waals surface area contributed by atoms with E-state index in [1.165, 1.54) is 0 Å². The molecular weight excluding hydrogens is 420 g/mol. The van der Waals surface area contributed by atoms with Crippen LogP contribution in [0.1, 0.15) is 5.69 Å². The second-order valence-corrected chi connectivity index (χ2v) is 7.17. The molecule has 0 aliphatic rings. The minimum atomic E-state index is -0.326. The lowest BCUT2D eigenvalue weighted by Gasteiger charge is -2.13. The zero-order chi connectivity index (χ0) is 19.9. The van der Waals surface area contributed by atoms with E-state index in [0.717, 1.165) is 21.5 Å². The molecule has 144 valence electrons. The van der Waals surface area contributed by atoms with Crippen LogP contribution in [0.2, 0.25) is 0 Å². The maximum Gasteiger partial charge on any atom is 0.277 e. The zero-order valence-electron chi connectivity index (χ0n) is 15.7. The molecule has 0 radical (unpaired) electrons. The maximum atomic E-state index is 12.0. The van der Waals surface area contributed by atoms with E-state index in [2.05, 4.69) is 26.5 Å². The average molecular weight is 441 g/mol. The number of halogens is 1. The number of nitrogens with zero attached hydrogens (tertiary/aromatic N) is 3. The van der Waals surface area contributed by atoms with Crippen molar-refractivity contribution in [3.63, 3.8) is 0 Å². The third-order valence-electron chi connectivity index (χ3n) is 3.98. The summed E-state index contributed by atoms with van der Waals surface area (Å²) in [7, 11) is 3.90. The number of anilines is 1. The SMILES string of the molecule is CN(C)c1cccc(OCC(=O)N/N=C/c2cccn2-c2ccc(Br)cc2)c1. The Hall–Kier alpha value is -3.06. The van der Waals surface area contributed by atoms with Gasteiger partial charge in [-0.3, -0.25) is 4.79 Å². The van der Waals surface area contributed by atoms with Crippen molar-refractivity contribution < 1.29 is 9.53 Å². The number of carbonyl (C=O) groups is 1. The standard InChI is InChI=1S/C21H21BrN4O2/c1-25(2)18-5-3-7-20(13-18)28-15-21(27)24-23-14-19-6-4-12-26(19)17-10-8-16(22)9-11-17/h3-14H,15H2,1-2H3,(H,24,27)/b23-14+. The van der Waals surface area contributed by atoms with Gasteiger partial charge in [0.15, 0.2) is 6.61 Å². The fourth-order valence-electron chi connectivity index (χ4n) is 2.54. The highest BCUT2D eigenvalue weighted by molar-refractivity contribution is 9.10. The summed E-state index contributed by atoms with van der Waals surface area (Å²) in [5.41, 5.74) is 5.35. The van der Waals surface area contributed by atoms with Gasteiger partial charge in [-0.15, -0.1) is 0 Å². The highest BCUT2D eigenvalue weighted by Gasteiger charge is 2.04. The van der Waals surface area contributed by atoms with E-state index in [1.54, 1.807) is 6.21 Å². The molecule has 1 heterocycles. The van der Waals surface area contributed by atoms with Crippen LogP contribution < -0.4 is 15.1 Å². The summed E-state index contributed by atoms with van der Waals surface area (Å²) in [6.45, 7) is -0.109. The Morgan fingerprint density at radius 2 is 1.96 bits per heavy atom. The number of ether oxygens (including phenoxy) is 1. The van der Waals surface area contributed by atoms with E-state index in [0.29, 0.717) is 5.75 Å². The van der Waals surface area contributed by atoms with Crippen LogP contribution in [0.15, 0.2) is 76.4 Å². The molecule has 0 saturated heterocycles. The van der Waals surface area contributed by atoms with Crippen molar-refractivity contribution in [3.8, 4) is 11.4 Å². The smallest absolute Gasteiger partial charge is 0.277 e. The van der Waals surface area contributed by atoms with Gasteiger partial charge in [-0.1, -0.05) is 22.0 Å². The fourth-order valence-corrected chi connectivity index (χ4v) is 2.80. The van der Waals surface area contributed by atoms with Gasteiger partial charge in [-0.05, 0) is 48.5 Å². The molecule has 6 nitrogen and oxygen atoms in total. The van der Waals surface area contributed by atoms with Crippen molar-refractivity contribution in [2.24, 2.45) is 5.10 Å². The predicted octanol–water partition coefficient (Wildman–Crippen LogP) is 3.83. The lowest BCUT2D eigenvalue weighted by Crippen LogP contribution is -2.24. The summed E-state index contributed by atoms with van der Waals surface area (Å²) in [6.07, 6.45) is 3.54. The molecule has 1 aromatic heterocycles. The Bertz CT molecular complexity index is 965. The lowest BCUT2D eigenvalue weighted by molar-refractivity contribution is -0.123. The summed E-state index contributed by atoms with van der Waals surface area (Å²) < 4.78 is 8.52. The van der Waals surface area contributed by atoms with Crippen LogP contribution in [0.25, 0.3) is 5.69 Å².